The second-order valence-corrected chi connectivity index (χ2v) is 6.49. The summed E-state index contributed by atoms with van der Waals surface area (Å²) in [4.78, 5) is 20.6. The average molecular weight is 364 g/mol. The van der Waals surface area contributed by atoms with E-state index in [1.54, 1.807) is 24.5 Å². The maximum atomic E-state index is 13.7. The molecule has 0 aliphatic heterocycles. The van der Waals surface area contributed by atoms with Crippen LogP contribution in [-0.2, 0) is 6.54 Å². The average Bonchev–Trinajstić information content (AvgIpc) is 2.68. The van der Waals surface area contributed by atoms with Crippen molar-refractivity contribution in [2.45, 2.75) is 26.3 Å². The Bertz CT molecular complexity index is 911. The minimum Gasteiger partial charge on any atom is -0.364 e. The number of nitrogens with one attached hydrogen (secondary N) is 2. The van der Waals surface area contributed by atoms with E-state index >= 15 is 0 Å². The van der Waals surface area contributed by atoms with Crippen LogP contribution in [0, 0.1) is 5.82 Å². The third-order valence-corrected chi connectivity index (χ3v) is 4.15. The normalized spacial score (nSPS) is 10.7. The summed E-state index contributed by atoms with van der Waals surface area (Å²) in [6.45, 7) is 4.66. The van der Waals surface area contributed by atoms with Gasteiger partial charge in [-0.3, -0.25) is 9.78 Å². The molecule has 0 saturated carbocycles. The van der Waals surface area contributed by atoms with Crippen LogP contribution in [0.2, 0.25) is 0 Å². The first-order chi connectivity index (χ1) is 13.0. The molecule has 1 aromatic carbocycles. The van der Waals surface area contributed by atoms with Gasteiger partial charge in [0.1, 0.15) is 11.6 Å². The number of carbonyl (C=O) groups is 1. The Morgan fingerprint density at radius 1 is 1.11 bits per heavy atom. The number of hydrogen-bond acceptors (Lipinski definition) is 4. The first kappa shape index (κ1) is 18.5. The number of nitrogens with zero attached hydrogens (tertiary/aromatic N) is 2. The van der Waals surface area contributed by atoms with Crippen LogP contribution in [0.4, 0.5) is 15.9 Å². The van der Waals surface area contributed by atoms with Crippen molar-refractivity contribution < 1.29 is 9.18 Å². The van der Waals surface area contributed by atoms with E-state index in [2.05, 4.69) is 34.4 Å². The van der Waals surface area contributed by atoms with Gasteiger partial charge in [-0.05, 0) is 41.3 Å². The van der Waals surface area contributed by atoms with Gasteiger partial charge >= 0.3 is 0 Å². The molecule has 0 unspecified atom stereocenters. The summed E-state index contributed by atoms with van der Waals surface area (Å²) in [6.07, 6.45) is 4.50. The van der Waals surface area contributed by atoms with Crippen molar-refractivity contribution in [2.24, 2.45) is 0 Å². The molecule has 3 aromatic rings. The largest absolute Gasteiger partial charge is 0.364 e. The van der Waals surface area contributed by atoms with Crippen molar-refractivity contribution in [3.63, 3.8) is 0 Å². The second kappa shape index (κ2) is 8.40. The van der Waals surface area contributed by atoms with E-state index in [4.69, 9.17) is 0 Å². The zero-order valence-corrected chi connectivity index (χ0v) is 15.2. The number of halogens is 1. The number of aromatic nitrogens is 2. The maximum absolute atomic E-state index is 13.7. The third-order valence-electron chi connectivity index (χ3n) is 4.15. The fourth-order valence-electron chi connectivity index (χ4n) is 2.58. The maximum Gasteiger partial charge on any atom is 0.255 e. The van der Waals surface area contributed by atoms with Crippen LogP contribution in [0.1, 0.15) is 41.3 Å². The van der Waals surface area contributed by atoms with E-state index in [1.165, 1.54) is 6.07 Å². The fourth-order valence-corrected chi connectivity index (χ4v) is 2.58. The Labute approximate surface area is 157 Å². The Balaban J connectivity index is 1.75. The summed E-state index contributed by atoms with van der Waals surface area (Å²) in [6, 6.07) is 12.4. The highest BCUT2D eigenvalue weighted by Crippen LogP contribution is 2.22. The summed E-state index contributed by atoms with van der Waals surface area (Å²) in [5, 5.41) is 5.85. The minimum absolute atomic E-state index is 0.294. The van der Waals surface area contributed by atoms with Gasteiger partial charge in [-0.2, -0.15) is 0 Å². The molecule has 2 heterocycles. The predicted octanol–water partition coefficient (Wildman–Crippen LogP) is 4.60. The Morgan fingerprint density at radius 3 is 2.48 bits per heavy atom. The lowest BCUT2D eigenvalue weighted by Gasteiger charge is -2.13. The van der Waals surface area contributed by atoms with E-state index in [0.29, 0.717) is 29.5 Å². The molecule has 0 aliphatic rings. The van der Waals surface area contributed by atoms with Gasteiger partial charge < -0.3 is 10.6 Å². The molecule has 0 fully saturated rings. The molecular weight excluding hydrogens is 343 g/mol. The third kappa shape index (κ3) is 4.88. The lowest BCUT2D eigenvalue weighted by Crippen LogP contribution is -2.15. The van der Waals surface area contributed by atoms with Gasteiger partial charge in [0.2, 0.25) is 0 Å². The van der Waals surface area contributed by atoms with Gasteiger partial charge in [-0.15, -0.1) is 0 Å². The number of anilines is 2. The fraction of sp³-hybridized carbons (Fsp3) is 0.190. The topological polar surface area (TPSA) is 66.9 Å². The van der Waals surface area contributed by atoms with Crippen LogP contribution in [-0.4, -0.2) is 15.9 Å². The zero-order chi connectivity index (χ0) is 19.2. The molecule has 0 saturated heterocycles. The molecule has 3 rings (SSSR count). The van der Waals surface area contributed by atoms with Crippen molar-refractivity contribution >= 4 is 17.4 Å². The molecule has 2 N–H and O–H groups in total. The molecule has 0 spiro atoms. The molecule has 0 atom stereocenters. The lowest BCUT2D eigenvalue weighted by molar-refractivity contribution is 0.102. The van der Waals surface area contributed by atoms with E-state index in [-0.39, 0.29) is 5.91 Å². The van der Waals surface area contributed by atoms with Gasteiger partial charge in [0.15, 0.2) is 0 Å². The Morgan fingerprint density at radius 2 is 1.81 bits per heavy atom. The second-order valence-electron chi connectivity index (χ2n) is 6.49. The molecule has 0 aliphatic carbocycles. The highest BCUT2D eigenvalue weighted by atomic mass is 19.1. The monoisotopic (exact) mass is 364 g/mol. The van der Waals surface area contributed by atoms with Crippen LogP contribution in [0.5, 0.6) is 0 Å². The number of amides is 1. The molecule has 5 nitrogen and oxygen atoms in total. The summed E-state index contributed by atoms with van der Waals surface area (Å²) in [7, 11) is 0. The minimum atomic E-state index is -0.519. The van der Waals surface area contributed by atoms with Crippen molar-refractivity contribution in [2.75, 3.05) is 10.6 Å². The summed E-state index contributed by atoms with van der Waals surface area (Å²) < 4.78 is 13.7. The molecule has 0 radical (unpaired) electrons. The summed E-state index contributed by atoms with van der Waals surface area (Å²) in [5.74, 6) is -0.0431. The van der Waals surface area contributed by atoms with Gasteiger partial charge in [0, 0.05) is 30.6 Å². The molecule has 6 heteroatoms. The molecule has 2 aromatic heterocycles. The van der Waals surface area contributed by atoms with Gasteiger partial charge in [-0.1, -0.05) is 26.0 Å². The van der Waals surface area contributed by atoms with Crippen molar-refractivity contribution in [1.29, 1.82) is 0 Å². The summed E-state index contributed by atoms with van der Waals surface area (Å²) in [5.41, 5.74) is 2.95. The van der Waals surface area contributed by atoms with Crippen LogP contribution in [0.3, 0.4) is 0 Å². The van der Waals surface area contributed by atoms with Crippen molar-refractivity contribution in [3.05, 3.63) is 83.6 Å². The smallest absolute Gasteiger partial charge is 0.255 e. The standard InChI is InChI=1S/C21H21FN4O/c1-14(2)16-3-5-17(6-4-16)21(27)26-19-11-18(22)13-25-20(19)24-12-15-7-9-23-10-8-15/h3-11,13-14H,12H2,1-2H3,(H,24,25)(H,26,27). The highest BCUT2D eigenvalue weighted by molar-refractivity contribution is 6.05. The quantitative estimate of drug-likeness (QED) is 0.671. The van der Waals surface area contributed by atoms with E-state index in [9.17, 15) is 9.18 Å². The number of carbonyl (C=O) groups excluding carboxylic acids is 1. The Hall–Kier alpha value is -3.28. The van der Waals surface area contributed by atoms with E-state index < -0.39 is 5.82 Å². The molecule has 1 amide bonds. The van der Waals surface area contributed by atoms with Crippen LogP contribution >= 0.6 is 0 Å². The molecule has 0 bridgehead atoms. The zero-order valence-electron chi connectivity index (χ0n) is 15.2. The molecular formula is C21H21FN4O. The van der Waals surface area contributed by atoms with E-state index in [1.807, 2.05) is 24.3 Å². The number of benzene rings is 1. The van der Waals surface area contributed by atoms with Crippen LogP contribution < -0.4 is 10.6 Å². The van der Waals surface area contributed by atoms with Gasteiger partial charge in [0.25, 0.3) is 5.91 Å². The van der Waals surface area contributed by atoms with E-state index in [0.717, 1.165) is 17.3 Å². The van der Waals surface area contributed by atoms with Crippen molar-refractivity contribution in [1.82, 2.24) is 9.97 Å². The lowest BCUT2D eigenvalue weighted by atomic mass is 10.0. The molecule has 27 heavy (non-hydrogen) atoms. The first-order valence-corrected chi connectivity index (χ1v) is 8.72. The predicted molar refractivity (Wildman–Crippen MR) is 104 cm³/mol. The highest BCUT2D eigenvalue weighted by Gasteiger charge is 2.12. The van der Waals surface area contributed by atoms with Gasteiger partial charge in [-0.25, -0.2) is 9.37 Å². The first-order valence-electron chi connectivity index (χ1n) is 8.72. The van der Waals surface area contributed by atoms with Crippen LogP contribution in [0.15, 0.2) is 61.1 Å². The number of rotatable bonds is 6. The van der Waals surface area contributed by atoms with Gasteiger partial charge in [0.05, 0.1) is 11.9 Å². The van der Waals surface area contributed by atoms with Crippen molar-refractivity contribution in [3.8, 4) is 0 Å². The van der Waals surface area contributed by atoms with Crippen LogP contribution in [0.25, 0.3) is 0 Å². The number of pyridine rings is 2. The SMILES string of the molecule is CC(C)c1ccc(C(=O)Nc2cc(F)cnc2NCc2ccncc2)cc1. The summed E-state index contributed by atoms with van der Waals surface area (Å²) >= 11 is 0. The number of hydrogen-bond donors (Lipinski definition) is 2. The Kier molecular flexibility index (Phi) is 5.76. The molecule has 138 valence electrons.